The third-order valence-electron chi connectivity index (χ3n) is 5.08. The first-order valence-corrected chi connectivity index (χ1v) is 8.82. The minimum atomic E-state index is -1.13. The van der Waals surface area contributed by atoms with Gasteiger partial charge in [0.1, 0.15) is 30.1 Å². The van der Waals surface area contributed by atoms with Crippen molar-refractivity contribution in [1.82, 2.24) is 24.8 Å². The van der Waals surface area contributed by atoms with Gasteiger partial charge in [-0.15, -0.1) is 0 Å². The molecule has 1 aliphatic heterocycles. The average molecular weight is 379 g/mol. The Labute approximate surface area is 155 Å². The van der Waals surface area contributed by atoms with E-state index in [0.29, 0.717) is 11.2 Å². The van der Waals surface area contributed by atoms with Crippen LogP contribution in [0.1, 0.15) is 26.5 Å². The molecule has 2 aromatic rings. The fourth-order valence-electron chi connectivity index (χ4n) is 3.12. The van der Waals surface area contributed by atoms with Crippen LogP contribution in [-0.2, 0) is 9.53 Å². The number of aliphatic hydroxyl groups is 2. The smallest absolute Gasteiger partial charge is 0.237 e. The first-order chi connectivity index (χ1) is 12.9. The molecule has 0 bridgehead atoms. The average Bonchev–Trinajstić information content (AvgIpc) is 3.23. The van der Waals surface area contributed by atoms with E-state index in [2.05, 4.69) is 20.3 Å². The van der Waals surface area contributed by atoms with E-state index in [9.17, 15) is 15.0 Å². The number of nitrogens with zero attached hydrogens (tertiary/aromatic N) is 4. The predicted molar refractivity (Wildman–Crippen MR) is 96.1 cm³/mol. The van der Waals surface area contributed by atoms with Gasteiger partial charge in [-0.3, -0.25) is 9.36 Å². The number of ether oxygens (including phenoxy) is 1. The molecule has 0 aromatic carbocycles. The minimum Gasteiger partial charge on any atom is -0.394 e. The SMILES string of the molecule is CC[C@H](C)[C@H](N)C(=O)N[C@@H]1[C@H](O)[C@@H](CO)O[C@H]1n1cnc2c(N)ncnc21. The van der Waals surface area contributed by atoms with Gasteiger partial charge in [-0.1, -0.05) is 20.3 Å². The number of nitrogens with two attached hydrogens (primary N) is 2. The van der Waals surface area contributed by atoms with Crippen molar-refractivity contribution in [1.29, 1.82) is 0 Å². The van der Waals surface area contributed by atoms with Crippen molar-refractivity contribution in [3.8, 4) is 0 Å². The van der Waals surface area contributed by atoms with Gasteiger partial charge in [0.2, 0.25) is 5.91 Å². The van der Waals surface area contributed by atoms with Crippen LogP contribution >= 0.6 is 0 Å². The molecule has 3 heterocycles. The molecular weight excluding hydrogens is 354 g/mol. The van der Waals surface area contributed by atoms with Crippen molar-refractivity contribution >= 4 is 22.9 Å². The molecular formula is C16H25N7O4. The van der Waals surface area contributed by atoms with Gasteiger partial charge in [0.15, 0.2) is 17.7 Å². The lowest BCUT2D eigenvalue weighted by atomic mass is 9.98. The third kappa shape index (κ3) is 3.46. The Morgan fingerprint density at radius 1 is 1.44 bits per heavy atom. The molecule has 6 atom stereocenters. The molecule has 0 unspecified atom stereocenters. The molecule has 11 heteroatoms. The van der Waals surface area contributed by atoms with E-state index in [1.807, 2.05) is 13.8 Å². The molecule has 2 aromatic heterocycles. The van der Waals surface area contributed by atoms with Gasteiger partial charge in [0.05, 0.1) is 19.0 Å². The number of carbonyl (C=O) groups excluding carboxylic acids is 1. The number of anilines is 1. The van der Waals surface area contributed by atoms with Gasteiger partial charge in [-0.2, -0.15) is 0 Å². The van der Waals surface area contributed by atoms with Crippen LogP contribution in [0.5, 0.6) is 0 Å². The Kier molecular flexibility index (Phi) is 5.56. The summed E-state index contributed by atoms with van der Waals surface area (Å²) in [5, 5.41) is 22.8. The van der Waals surface area contributed by atoms with Crippen LogP contribution < -0.4 is 16.8 Å². The summed E-state index contributed by atoms with van der Waals surface area (Å²) in [6, 6.07) is -1.58. The molecule has 1 amide bonds. The van der Waals surface area contributed by atoms with E-state index in [1.54, 1.807) is 4.57 Å². The summed E-state index contributed by atoms with van der Waals surface area (Å²) in [6.45, 7) is 3.41. The first kappa shape index (κ1) is 19.4. The van der Waals surface area contributed by atoms with Crippen molar-refractivity contribution in [3.05, 3.63) is 12.7 Å². The van der Waals surface area contributed by atoms with Crippen LogP contribution in [0.2, 0.25) is 0 Å². The van der Waals surface area contributed by atoms with Crippen molar-refractivity contribution < 1.29 is 19.7 Å². The number of amides is 1. The normalized spacial score (nSPS) is 27.6. The second-order valence-electron chi connectivity index (χ2n) is 6.77. The number of rotatable bonds is 6. The minimum absolute atomic E-state index is 0.0295. The highest BCUT2D eigenvalue weighted by molar-refractivity contribution is 5.83. The summed E-state index contributed by atoms with van der Waals surface area (Å²) < 4.78 is 7.31. The maximum absolute atomic E-state index is 12.5. The molecule has 148 valence electrons. The number of nitrogen functional groups attached to an aromatic ring is 1. The van der Waals surface area contributed by atoms with Gasteiger partial charge in [-0.05, 0) is 5.92 Å². The highest BCUT2D eigenvalue weighted by Gasteiger charge is 2.46. The fourth-order valence-corrected chi connectivity index (χ4v) is 3.12. The van der Waals surface area contributed by atoms with Gasteiger partial charge in [0.25, 0.3) is 0 Å². The topological polar surface area (TPSA) is 174 Å². The number of carbonyl (C=O) groups is 1. The number of hydrogen-bond acceptors (Lipinski definition) is 9. The van der Waals surface area contributed by atoms with E-state index in [4.69, 9.17) is 16.2 Å². The number of fused-ring (bicyclic) bond motifs is 1. The lowest BCUT2D eigenvalue weighted by Gasteiger charge is -2.26. The van der Waals surface area contributed by atoms with Crippen LogP contribution in [0, 0.1) is 5.92 Å². The summed E-state index contributed by atoms with van der Waals surface area (Å²) in [7, 11) is 0. The third-order valence-corrected chi connectivity index (χ3v) is 5.08. The van der Waals surface area contributed by atoms with Crippen LogP contribution in [-0.4, -0.2) is 66.5 Å². The molecule has 11 nitrogen and oxygen atoms in total. The second kappa shape index (κ2) is 7.72. The maximum atomic E-state index is 12.5. The molecule has 0 radical (unpaired) electrons. The number of imidazole rings is 1. The molecule has 1 aliphatic rings. The Morgan fingerprint density at radius 3 is 2.85 bits per heavy atom. The lowest BCUT2D eigenvalue weighted by molar-refractivity contribution is -0.125. The van der Waals surface area contributed by atoms with E-state index in [-0.39, 0.29) is 11.7 Å². The van der Waals surface area contributed by atoms with Gasteiger partial charge in [0, 0.05) is 0 Å². The standard InChI is InChI=1S/C16H25N7O4/c1-3-7(2)9(17)15(26)22-10-12(25)8(4-24)27-16(10)23-6-21-11-13(18)19-5-20-14(11)23/h5-10,12,16,24-25H,3-4,17H2,1-2H3,(H,22,26)(H2,18,19,20)/t7-,8+,9-,10+,12+,16+/m0/s1. The number of aromatic nitrogens is 4. The highest BCUT2D eigenvalue weighted by Crippen LogP contribution is 2.32. The van der Waals surface area contributed by atoms with E-state index < -0.39 is 43.0 Å². The largest absolute Gasteiger partial charge is 0.394 e. The quantitative estimate of drug-likeness (QED) is 0.401. The highest BCUT2D eigenvalue weighted by atomic mass is 16.5. The van der Waals surface area contributed by atoms with Gasteiger partial charge < -0.3 is 31.7 Å². The predicted octanol–water partition coefficient (Wildman–Crippen LogP) is -1.48. The monoisotopic (exact) mass is 379 g/mol. The molecule has 1 saturated heterocycles. The Morgan fingerprint density at radius 2 is 2.19 bits per heavy atom. The molecule has 1 fully saturated rings. The van der Waals surface area contributed by atoms with Crippen LogP contribution in [0.25, 0.3) is 11.2 Å². The Balaban J connectivity index is 1.92. The summed E-state index contributed by atoms with van der Waals surface area (Å²) in [6.07, 6.45) is 0.618. The fraction of sp³-hybridized carbons (Fsp3) is 0.625. The van der Waals surface area contributed by atoms with Crippen molar-refractivity contribution in [2.75, 3.05) is 12.3 Å². The lowest BCUT2D eigenvalue weighted by Crippen LogP contribution is -2.53. The van der Waals surface area contributed by atoms with E-state index in [0.717, 1.165) is 6.42 Å². The molecule has 27 heavy (non-hydrogen) atoms. The summed E-state index contributed by atoms with van der Waals surface area (Å²) >= 11 is 0. The Bertz CT molecular complexity index is 813. The summed E-state index contributed by atoms with van der Waals surface area (Å²) in [4.78, 5) is 24.8. The van der Waals surface area contributed by atoms with Crippen molar-refractivity contribution in [2.24, 2.45) is 11.7 Å². The van der Waals surface area contributed by atoms with Crippen molar-refractivity contribution in [3.63, 3.8) is 0 Å². The van der Waals surface area contributed by atoms with Gasteiger partial charge in [-0.25, -0.2) is 15.0 Å². The molecule has 0 aliphatic carbocycles. The molecule has 7 N–H and O–H groups in total. The Hall–Kier alpha value is -2.34. The summed E-state index contributed by atoms with van der Waals surface area (Å²) in [5.41, 5.74) is 12.6. The molecule has 0 saturated carbocycles. The first-order valence-electron chi connectivity index (χ1n) is 8.82. The zero-order chi connectivity index (χ0) is 19.7. The zero-order valence-corrected chi connectivity index (χ0v) is 15.2. The summed E-state index contributed by atoms with van der Waals surface area (Å²) in [5.74, 6) is -0.229. The van der Waals surface area contributed by atoms with E-state index >= 15 is 0 Å². The maximum Gasteiger partial charge on any atom is 0.237 e. The van der Waals surface area contributed by atoms with Gasteiger partial charge >= 0.3 is 0 Å². The second-order valence-corrected chi connectivity index (χ2v) is 6.77. The zero-order valence-electron chi connectivity index (χ0n) is 15.2. The molecule has 3 rings (SSSR count). The van der Waals surface area contributed by atoms with Crippen LogP contribution in [0.3, 0.4) is 0 Å². The van der Waals surface area contributed by atoms with Crippen molar-refractivity contribution in [2.45, 2.75) is 50.8 Å². The molecule has 0 spiro atoms. The number of nitrogens with one attached hydrogen (secondary N) is 1. The van der Waals surface area contributed by atoms with E-state index in [1.165, 1.54) is 12.7 Å². The van der Waals surface area contributed by atoms with Crippen LogP contribution in [0.4, 0.5) is 5.82 Å². The number of hydrogen-bond donors (Lipinski definition) is 5. The number of aliphatic hydroxyl groups excluding tert-OH is 2. The van der Waals surface area contributed by atoms with Crippen LogP contribution in [0.15, 0.2) is 12.7 Å².